The zero-order chi connectivity index (χ0) is 11.7. The normalized spacial score (nSPS) is 19.8. The molecule has 17 heavy (non-hydrogen) atoms. The van der Waals surface area contributed by atoms with Crippen LogP contribution in [0.5, 0.6) is 0 Å². The minimum absolute atomic E-state index is 0.201. The first-order chi connectivity index (χ1) is 8.33. The molecule has 4 heteroatoms. The number of benzene rings is 1. The molecule has 0 saturated heterocycles. The number of nitrogens with zero attached hydrogens (tertiary/aromatic N) is 3. The van der Waals surface area contributed by atoms with Crippen molar-refractivity contribution in [1.82, 2.24) is 14.8 Å². The first-order valence-corrected chi connectivity index (χ1v) is 5.81. The quantitative estimate of drug-likeness (QED) is 0.790. The zero-order valence-corrected chi connectivity index (χ0v) is 9.41. The van der Waals surface area contributed by atoms with Crippen LogP contribution in [0.1, 0.15) is 25.3 Å². The third kappa shape index (κ3) is 1.98. The van der Waals surface area contributed by atoms with E-state index in [1.54, 1.807) is 6.33 Å². The maximum atomic E-state index is 11.2. The zero-order valence-electron chi connectivity index (χ0n) is 9.41. The van der Waals surface area contributed by atoms with Gasteiger partial charge in [0.2, 0.25) is 0 Å². The number of rotatable bonds is 2. The van der Waals surface area contributed by atoms with Crippen molar-refractivity contribution >= 4 is 5.78 Å². The summed E-state index contributed by atoms with van der Waals surface area (Å²) < 4.78 is 1.83. The Kier molecular flexibility index (Phi) is 2.48. The summed E-state index contributed by atoms with van der Waals surface area (Å²) >= 11 is 0. The number of Topliss-reactive ketones (excluding diaryl/α,β-unsaturated/α-hetero) is 1. The maximum Gasteiger partial charge on any atom is 0.181 e. The van der Waals surface area contributed by atoms with Crippen LogP contribution in [0, 0.1) is 0 Å². The van der Waals surface area contributed by atoms with Crippen molar-refractivity contribution in [3.63, 3.8) is 0 Å². The lowest BCUT2D eigenvalue weighted by molar-refractivity contribution is -0.117. The van der Waals surface area contributed by atoms with Crippen molar-refractivity contribution in [2.24, 2.45) is 0 Å². The van der Waals surface area contributed by atoms with E-state index in [4.69, 9.17) is 0 Å². The Hall–Kier alpha value is -1.97. The molecule has 1 fully saturated rings. The number of ketones is 1. The Labute approximate surface area is 99.3 Å². The van der Waals surface area contributed by atoms with E-state index in [-0.39, 0.29) is 6.04 Å². The molecule has 1 heterocycles. The van der Waals surface area contributed by atoms with E-state index in [1.807, 2.05) is 35.0 Å². The summed E-state index contributed by atoms with van der Waals surface area (Å²) in [5.41, 5.74) is 1.01. The molecule has 0 amide bonds. The van der Waals surface area contributed by atoms with E-state index in [0.717, 1.165) is 17.8 Å². The SMILES string of the molecule is O=C1CCC(n2cnc(-c3ccccc3)n2)C1. The highest BCUT2D eigenvalue weighted by atomic mass is 16.1. The molecule has 86 valence electrons. The average Bonchev–Trinajstić information content (AvgIpc) is 2.98. The fourth-order valence-corrected chi connectivity index (χ4v) is 2.19. The topological polar surface area (TPSA) is 47.8 Å². The van der Waals surface area contributed by atoms with E-state index < -0.39 is 0 Å². The van der Waals surface area contributed by atoms with E-state index in [0.29, 0.717) is 18.6 Å². The maximum absolute atomic E-state index is 11.2. The van der Waals surface area contributed by atoms with Gasteiger partial charge in [0.25, 0.3) is 0 Å². The van der Waals surface area contributed by atoms with Gasteiger partial charge in [0.15, 0.2) is 5.82 Å². The molecular weight excluding hydrogens is 214 g/mol. The molecule has 2 aromatic rings. The van der Waals surface area contributed by atoms with Crippen LogP contribution in [0.15, 0.2) is 36.7 Å². The first kappa shape index (κ1) is 10.2. The van der Waals surface area contributed by atoms with Gasteiger partial charge in [0, 0.05) is 18.4 Å². The highest BCUT2D eigenvalue weighted by molar-refractivity contribution is 5.80. The second-order valence-electron chi connectivity index (χ2n) is 4.35. The van der Waals surface area contributed by atoms with Crippen LogP contribution in [0.2, 0.25) is 0 Å². The number of hydrogen-bond donors (Lipinski definition) is 0. The molecule has 4 nitrogen and oxygen atoms in total. The fourth-order valence-electron chi connectivity index (χ4n) is 2.19. The summed E-state index contributed by atoms with van der Waals surface area (Å²) in [5.74, 6) is 1.05. The molecule has 1 unspecified atom stereocenters. The molecule has 1 aliphatic rings. The average molecular weight is 227 g/mol. The predicted octanol–water partition coefficient (Wildman–Crippen LogP) is 2.24. The molecule has 1 aliphatic carbocycles. The molecule has 1 atom stereocenters. The van der Waals surface area contributed by atoms with Gasteiger partial charge in [-0.25, -0.2) is 9.67 Å². The highest BCUT2D eigenvalue weighted by Crippen LogP contribution is 2.26. The molecule has 0 N–H and O–H groups in total. The number of carbonyl (C=O) groups excluding carboxylic acids is 1. The van der Waals surface area contributed by atoms with Gasteiger partial charge in [-0.05, 0) is 6.42 Å². The van der Waals surface area contributed by atoms with E-state index in [9.17, 15) is 4.79 Å². The summed E-state index contributed by atoms with van der Waals surface area (Å²) in [7, 11) is 0. The summed E-state index contributed by atoms with van der Waals surface area (Å²) in [4.78, 5) is 15.5. The minimum atomic E-state index is 0.201. The largest absolute Gasteiger partial charge is 0.300 e. The second kappa shape index (κ2) is 4.13. The van der Waals surface area contributed by atoms with Gasteiger partial charge >= 0.3 is 0 Å². The molecule has 3 rings (SSSR count). The van der Waals surface area contributed by atoms with E-state index >= 15 is 0 Å². The molecule has 0 spiro atoms. The van der Waals surface area contributed by atoms with Gasteiger partial charge < -0.3 is 0 Å². The number of aromatic nitrogens is 3. The molecule has 0 aliphatic heterocycles. The van der Waals surface area contributed by atoms with Crippen LogP contribution < -0.4 is 0 Å². The minimum Gasteiger partial charge on any atom is -0.300 e. The van der Waals surface area contributed by atoms with Crippen LogP contribution in [-0.4, -0.2) is 20.5 Å². The smallest absolute Gasteiger partial charge is 0.181 e. The van der Waals surface area contributed by atoms with Gasteiger partial charge in [-0.1, -0.05) is 30.3 Å². The lowest BCUT2D eigenvalue weighted by Crippen LogP contribution is -2.06. The molecule has 1 aromatic carbocycles. The van der Waals surface area contributed by atoms with Crippen LogP contribution in [0.4, 0.5) is 0 Å². The van der Waals surface area contributed by atoms with Crippen molar-refractivity contribution in [2.75, 3.05) is 0 Å². The van der Waals surface area contributed by atoms with Crippen molar-refractivity contribution < 1.29 is 4.79 Å². The summed E-state index contributed by atoms with van der Waals surface area (Å²) in [6, 6.07) is 10.1. The standard InChI is InChI=1S/C13H13N3O/c17-12-7-6-11(8-12)16-9-14-13(15-16)10-4-2-1-3-5-10/h1-5,9,11H,6-8H2. The van der Waals surface area contributed by atoms with Crippen molar-refractivity contribution in [2.45, 2.75) is 25.3 Å². The predicted molar refractivity (Wildman–Crippen MR) is 63.4 cm³/mol. The number of hydrogen-bond acceptors (Lipinski definition) is 3. The Bertz CT molecular complexity index is 533. The highest BCUT2D eigenvalue weighted by Gasteiger charge is 2.24. The first-order valence-electron chi connectivity index (χ1n) is 5.81. The van der Waals surface area contributed by atoms with Crippen LogP contribution in [0.3, 0.4) is 0 Å². The number of carbonyl (C=O) groups is 1. The van der Waals surface area contributed by atoms with Crippen LogP contribution in [0.25, 0.3) is 11.4 Å². The third-order valence-corrected chi connectivity index (χ3v) is 3.13. The molecule has 0 radical (unpaired) electrons. The molecule has 1 saturated carbocycles. The van der Waals surface area contributed by atoms with Crippen molar-refractivity contribution in [3.05, 3.63) is 36.7 Å². The van der Waals surface area contributed by atoms with Crippen molar-refractivity contribution in [3.8, 4) is 11.4 Å². The van der Waals surface area contributed by atoms with Crippen molar-refractivity contribution in [1.29, 1.82) is 0 Å². The fraction of sp³-hybridized carbons (Fsp3) is 0.308. The van der Waals surface area contributed by atoms with Crippen LogP contribution >= 0.6 is 0 Å². The van der Waals surface area contributed by atoms with Gasteiger partial charge in [-0.15, -0.1) is 0 Å². The van der Waals surface area contributed by atoms with Gasteiger partial charge in [-0.2, -0.15) is 5.10 Å². The van der Waals surface area contributed by atoms with Gasteiger partial charge in [0.05, 0.1) is 6.04 Å². The lowest BCUT2D eigenvalue weighted by Gasteiger charge is -2.06. The Morgan fingerprint density at radius 1 is 1.24 bits per heavy atom. The monoisotopic (exact) mass is 227 g/mol. The van der Waals surface area contributed by atoms with Crippen LogP contribution in [-0.2, 0) is 4.79 Å². The Morgan fingerprint density at radius 2 is 2.06 bits per heavy atom. The lowest BCUT2D eigenvalue weighted by atomic mass is 10.2. The molecular formula is C13H13N3O. The van der Waals surface area contributed by atoms with Gasteiger partial charge in [-0.3, -0.25) is 4.79 Å². The molecule has 0 bridgehead atoms. The molecule has 1 aromatic heterocycles. The van der Waals surface area contributed by atoms with E-state index in [1.165, 1.54) is 0 Å². The second-order valence-corrected chi connectivity index (χ2v) is 4.35. The summed E-state index contributed by atoms with van der Waals surface area (Å²) in [6.45, 7) is 0. The summed E-state index contributed by atoms with van der Waals surface area (Å²) in [6.07, 6.45) is 3.88. The van der Waals surface area contributed by atoms with Gasteiger partial charge in [0.1, 0.15) is 12.1 Å². The van der Waals surface area contributed by atoms with E-state index in [2.05, 4.69) is 10.1 Å². The Morgan fingerprint density at radius 3 is 2.76 bits per heavy atom. The summed E-state index contributed by atoms with van der Waals surface area (Å²) in [5, 5.41) is 4.45. The Balaban J connectivity index is 1.86. The third-order valence-electron chi connectivity index (χ3n) is 3.13.